The van der Waals surface area contributed by atoms with Crippen LogP contribution < -0.4 is 14.8 Å². The summed E-state index contributed by atoms with van der Waals surface area (Å²) in [5.74, 6) is -0.0590. The SMILES string of the molecule is COC(=O)[C@]12CCCCC=C1N(Cc1ccc3c(c1)OCO3)C(=O)[C@H](CC(=O)NCc1ccccc1)C2. The number of nitrogens with zero attached hydrogens (tertiary/aromatic N) is 1. The van der Waals surface area contributed by atoms with E-state index in [1.165, 1.54) is 7.11 Å². The van der Waals surface area contributed by atoms with E-state index in [2.05, 4.69) is 5.32 Å². The number of esters is 1. The first-order valence-electron chi connectivity index (χ1n) is 12.8. The number of piperidine rings is 1. The van der Waals surface area contributed by atoms with Crippen molar-refractivity contribution in [2.45, 2.75) is 51.6 Å². The van der Waals surface area contributed by atoms with Crippen molar-refractivity contribution in [3.63, 3.8) is 0 Å². The molecule has 0 unspecified atom stereocenters. The molecule has 2 amide bonds. The highest BCUT2D eigenvalue weighted by Crippen LogP contribution is 2.50. The summed E-state index contributed by atoms with van der Waals surface area (Å²) in [7, 11) is 1.39. The monoisotopic (exact) mass is 504 g/mol. The lowest BCUT2D eigenvalue weighted by atomic mass is 9.69. The second kappa shape index (κ2) is 10.7. The highest BCUT2D eigenvalue weighted by Gasteiger charge is 2.53. The number of hydrogen-bond donors (Lipinski definition) is 1. The maximum Gasteiger partial charge on any atom is 0.317 e. The van der Waals surface area contributed by atoms with Crippen molar-refractivity contribution < 1.29 is 28.6 Å². The molecule has 8 heteroatoms. The van der Waals surface area contributed by atoms with E-state index in [1.54, 1.807) is 4.90 Å². The lowest BCUT2D eigenvalue weighted by Crippen LogP contribution is -2.53. The molecule has 8 nitrogen and oxygen atoms in total. The van der Waals surface area contributed by atoms with Gasteiger partial charge in [-0.3, -0.25) is 14.4 Å². The third-order valence-electron chi connectivity index (χ3n) is 7.50. The number of fused-ring (bicyclic) bond motifs is 2. The van der Waals surface area contributed by atoms with Gasteiger partial charge in [-0.15, -0.1) is 0 Å². The van der Waals surface area contributed by atoms with Gasteiger partial charge in [0.15, 0.2) is 11.5 Å². The van der Waals surface area contributed by atoms with E-state index in [0.717, 1.165) is 30.4 Å². The molecule has 2 heterocycles. The smallest absolute Gasteiger partial charge is 0.317 e. The quantitative estimate of drug-likeness (QED) is 0.571. The summed E-state index contributed by atoms with van der Waals surface area (Å²) in [5.41, 5.74) is 1.58. The number of benzene rings is 2. The van der Waals surface area contributed by atoms with Crippen molar-refractivity contribution in [2.24, 2.45) is 11.3 Å². The molecule has 0 aromatic heterocycles. The van der Waals surface area contributed by atoms with Crippen LogP contribution in [0.2, 0.25) is 0 Å². The summed E-state index contributed by atoms with van der Waals surface area (Å²) in [6, 6.07) is 15.2. The minimum absolute atomic E-state index is 0.00926. The Morgan fingerprint density at radius 3 is 2.70 bits per heavy atom. The molecule has 2 aromatic carbocycles. The first-order chi connectivity index (χ1) is 18.0. The topological polar surface area (TPSA) is 94.2 Å². The van der Waals surface area contributed by atoms with Crippen LogP contribution in [0.1, 0.15) is 49.7 Å². The molecular formula is C29H32N2O6. The summed E-state index contributed by atoms with van der Waals surface area (Å²) in [6.07, 6.45) is 5.42. The largest absolute Gasteiger partial charge is 0.468 e. The van der Waals surface area contributed by atoms with E-state index >= 15 is 0 Å². The van der Waals surface area contributed by atoms with Gasteiger partial charge < -0.3 is 24.4 Å². The Morgan fingerprint density at radius 2 is 1.89 bits per heavy atom. The van der Waals surface area contributed by atoms with E-state index in [9.17, 15) is 14.4 Å². The van der Waals surface area contributed by atoms with Crippen molar-refractivity contribution in [3.05, 3.63) is 71.4 Å². The van der Waals surface area contributed by atoms with Crippen LogP contribution >= 0.6 is 0 Å². The maximum absolute atomic E-state index is 13.9. The first-order valence-corrected chi connectivity index (χ1v) is 12.8. The van der Waals surface area contributed by atoms with Crippen LogP contribution in [-0.2, 0) is 32.2 Å². The summed E-state index contributed by atoms with van der Waals surface area (Å²) >= 11 is 0. The van der Waals surface area contributed by atoms with E-state index < -0.39 is 11.3 Å². The maximum atomic E-state index is 13.9. The van der Waals surface area contributed by atoms with Crippen LogP contribution in [0.3, 0.4) is 0 Å². The fourth-order valence-corrected chi connectivity index (χ4v) is 5.68. The number of carbonyl (C=O) groups excluding carboxylic acids is 3. The zero-order valence-corrected chi connectivity index (χ0v) is 21.0. The second-order valence-electron chi connectivity index (χ2n) is 9.89. The molecule has 1 N–H and O–H groups in total. The number of likely N-dealkylation sites (tertiary alicyclic amines) is 1. The molecule has 0 saturated carbocycles. The highest BCUT2D eigenvalue weighted by molar-refractivity contribution is 5.92. The zero-order valence-electron chi connectivity index (χ0n) is 21.0. The Labute approximate surface area is 216 Å². The van der Waals surface area contributed by atoms with Crippen molar-refractivity contribution in [1.82, 2.24) is 10.2 Å². The van der Waals surface area contributed by atoms with Crippen LogP contribution in [0.4, 0.5) is 0 Å². The van der Waals surface area contributed by atoms with E-state index in [4.69, 9.17) is 14.2 Å². The molecule has 3 aliphatic rings. The fraction of sp³-hybridized carbons (Fsp3) is 0.414. The molecule has 2 aromatic rings. The molecule has 37 heavy (non-hydrogen) atoms. The average molecular weight is 505 g/mol. The zero-order chi connectivity index (χ0) is 25.8. The Balaban J connectivity index is 1.42. The minimum Gasteiger partial charge on any atom is -0.468 e. The Kier molecular flexibility index (Phi) is 7.17. The number of rotatable bonds is 7. The average Bonchev–Trinajstić information content (AvgIpc) is 3.28. The predicted octanol–water partition coefficient (Wildman–Crippen LogP) is 4.09. The molecule has 0 bridgehead atoms. The number of hydrogen-bond acceptors (Lipinski definition) is 6. The van der Waals surface area contributed by atoms with Crippen LogP contribution in [0.5, 0.6) is 11.5 Å². The normalized spacial score (nSPS) is 22.5. The van der Waals surface area contributed by atoms with E-state index in [-0.39, 0.29) is 44.0 Å². The molecule has 2 atom stereocenters. The molecular weight excluding hydrogens is 472 g/mol. The van der Waals surface area contributed by atoms with Crippen LogP contribution in [0.15, 0.2) is 60.3 Å². The number of methoxy groups -OCH3 is 1. The van der Waals surface area contributed by atoms with Crippen molar-refractivity contribution in [1.29, 1.82) is 0 Å². The van der Waals surface area contributed by atoms with Gasteiger partial charge in [0.25, 0.3) is 0 Å². The fourth-order valence-electron chi connectivity index (χ4n) is 5.68. The van der Waals surface area contributed by atoms with Gasteiger partial charge in [0.05, 0.1) is 13.7 Å². The van der Waals surface area contributed by atoms with Gasteiger partial charge in [0.1, 0.15) is 5.41 Å². The molecule has 0 radical (unpaired) electrons. The summed E-state index contributed by atoms with van der Waals surface area (Å²) < 4.78 is 16.3. The van der Waals surface area contributed by atoms with Crippen molar-refractivity contribution in [2.75, 3.05) is 13.9 Å². The van der Waals surface area contributed by atoms with Gasteiger partial charge in [-0.25, -0.2) is 0 Å². The molecule has 2 aliphatic heterocycles. The molecule has 1 fully saturated rings. The van der Waals surface area contributed by atoms with Gasteiger partial charge >= 0.3 is 5.97 Å². The van der Waals surface area contributed by atoms with Crippen molar-refractivity contribution >= 4 is 17.8 Å². The standard InChI is InChI=1S/C29H32N2O6/c1-35-28(34)29-13-7-3-6-10-25(29)31(18-21-11-12-23-24(14-21)37-19-36-23)27(33)22(16-29)15-26(32)30-17-20-8-4-2-5-9-20/h2,4-5,8-12,14,22H,3,6-7,13,15-19H2,1H3,(H,30,32)/t22-,29+/m1/s1. The van der Waals surface area contributed by atoms with Crippen LogP contribution in [0.25, 0.3) is 0 Å². The molecule has 1 saturated heterocycles. The molecule has 194 valence electrons. The minimum atomic E-state index is -0.958. The molecule has 1 aliphatic carbocycles. The third kappa shape index (κ3) is 5.05. The number of ether oxygens (including phenoxy) is 3. The highest BCUT2D eigenvalue weighted by atomic mass is 16.7. The van der Waals surface area contributed by atoms with Gasteiger partial charge in [0, 0.05) is 24.6 Å². The van der Waals surface area contributed by atoms with Gasteiger partial charge in [-0.1, -0.05) is 48.9 Å². The summed E-state index contributed by atoms with van der Waals surface area (Å²) in [5, 5.41) is 2.93. The number of amides is 2. The van der Waals surface area contributed by atoms with Gasteiger partial charge in [-0.2, -0.15) is 0 Å². The van der Waals surface area contributed by atoms with Gasteiger partial charge in [-0.05, 0) is 48.9 Å². The second-order valence-corrected chi connectivity index (χ2v) is 9.89. The number of carbonyl (C=O) groups is 3. The van der Waals surface area contributed by atoms with Gasteiger partial charge in [0.2, 0.25) is 18.6 Å². The first kappa shape index (κ1) is 24.9. The van der Waals surface area contributed by atoms with E-state index in [0.29, 0.717) is 30.2 Å². The Bertz CT molecular complexity index is 1210. The molecule has 5 rings (SSSR count). The predicted molar refractivity (Wildman–Crippen MR) is 135 cm³/mol. The number of allylic oxidation sites excluding steroid dienone is 1. The Morgan fingerprint density at radius 1 is 1.08 bits per heavy atom. The Hall–Kier alpha value is -3.81. The van der Waals surface area contributed by atoms with Crippen molar-refractivity contribution in [3.8, 4) is 11.5 Å². The van der Waals surface area contributed by atoms with Crippen LogP contribution in [-0.4, -0.2) is 36.6 Å². The van der Waals surface area contributed by atoms with E-state index in [1.807, 2.05) is 54.6 Å². The number of nitrogens with one attached hydrogen (secondary N) is 1. The summed E-state index contributed by atoms with van der Waals surface area (Å²) in [4.78, 5) is 41.9. The van der Waals surface area contributed by atoms with Crippen LogP contribution in [0, 0.1) is 11.3 Å². The molecule has 0 spiro atoms. The third-order valence-corrected chi connectivity index (χ3v) is 7.50. The lowest BCUT2D eigenvalue weighted by molar-refractivity contribution is -0.160. The summed E-state index contributed by atoms with van der Waals surface area (Å²) in [6.45, 7) is 0.815. The lowest BCUT2D eigenvalue weighted by Gasteiger charge is -2.46.